The van der Waals surface area contributed by atoms with Crippen molar-refractivity contribution in [2.75, 3.05) is 26.8 Å². The van der Waals surface area contributed by atoms with Crippen molar-refractivity contribution in [3.05, 3.63) is 58.8 Å². The van der Waals surface area contributed by atoms with Crippen LogP contribution in [0, 0.1) is 5.82 Å². The molecule has 1 fully saturated rings. The summed E-state index contributed by atoms with van der Waals surface area (Å²) in [6.45, 7) is 3.99. The zero-order valence-electron chi connectivity index (χ0n) is 19.0. The molecular formula is C24H25FN2O6S. The lowest BCUT2D eigenvalue weighted by Gasteiger charge is -2.16. The number of imide groups is 1. The third-order valence-corrected chi connectivity index (χ3v) is 5.70. The van der Waals surface area contributed by atoms with Gasteiger partial charge in [0.15, 0.2) is 17.6 Å². The van der Waals surface area contributed by atoms with Crippen LogP contribution in [-0.4, -0.2) is 54.9 Å². The van der Waals surface area contributed by atoms with Crippen molar-refractivity contribution in [3.8, 4) is 17.2 Å². The third-order valence-electron chi connectivity index (χ3n) is 4.79. The summed E-state index contributed by atoms with van der Waals surface area (Å²) >= 11 is 0.831. The van der Waals surface area contributed by atoms with E-state index in [1.807, 2.05) is 6.92 Å². The average Bonchev–Trinajstić information content (AvgIpc) is 3.08. The monoisotopic (exact) mass is 488 g/mol. The Bertz CT molecular complexity index is 1090. The Kier molecular flexibility index (Phi) is 8.53. The smallest absolute Gasteiger partial charge is 0.293 e. The molecule has 0 aliphatic carbocycles. The summed E-state index contributed by atoms with van der Waals surface area (Å²) in [5, 5.41) is 2.22. The summed E-state index contributed by atoms with van der Waals surface area (Å²) in [4.78, 5) is 38.7. The van der Waals surface area contributed by atoms with Crippen LogP contribution in [0.4, 0.5) is 9.18 Å². The minimum absolute atomic E-state index is 0.0175. The standard InChI is InChI=1S/C24H25FN2O6S/c1-4-32-19-10-5-16(13-20(19)31-3)14-21-23(29)27(24(30)34-21)12-11-26-22(28)15(2)33-18-8-6-17(25)7-9-18/h5-10,13-15H,4,11-12H2,1-3H3,(H,26,28)/b21-14-. The van der Waals surface area contributed by atoms with Gasteiger partial charge < -0.3 is 19.5 Å². The Labute approximate surface area is 201 Å². The lowest BCUT2D eigenvalue weighted by Crippen LogP contribution is -2.41. The van der Waals surface area contributed by atoms with Gasteiger partial charge in [-0.2, -0.15) is 0 Å². The second-order valence-corrected chi connectivity index (χ2v) is 8.17. The molecule has 1 heterocycles. The molecule has 0 saturated carbocycles. The van der Waals surface area contributed by atoms with Crippen LogP contribution < -0.4 is 19.5 Å². The third kappa shape index (κ3) is 6.28. The summed E-state index contributed by atoms with van der Waals surface area (Å²) in [5.41, 5.74) is 0.686. The van der Waals surface area contributed by atoms with Crippen LogP contribution in [0.2, 0.25) is 0 Å². The fraction of sp³-hybridized carbons (Fsp3) is 0.292. The first-order chi connectivity index (χ1) is 16.3. The molecule has 0 bridgehead atoms. The number of thioether (sulfide) groups is 1. The summed E-state index contributed by atoms with van der Waals surface area (Å²) in [6.07, 6.45) is 0.773. The largest absolute Gasteiger partial charge is 0.493 e. The number of rotatable bonds is 10. The number of methoxy groups -OCH3 is 1. The minimum atomic E-state index is -0.838. The van der Waals surface area contributed by atoms with Crippen molar-refractivity contribution < 1.29 is 33.0 Å². The van der Waals surface area contributed by atoms with Gasteiger partial charge in [0.1, 0.15) is 11.6 Å². The number of carbonyl (C=O) groups is 3. The zero-order chi connectivity index (χ0) is 24.7. The normalized spacial score (nSPS) is 15.4. The van der Waals surface area contributed by atoms with Crippen LogP contribution in [-0.2, 0) is 9.59 Å². The number of amides is 3. The highest BCUT2D eigenvalue weighted by molar-refractivity contribution is 8.18. The van der Waals surface area contributed by atoms with E-state index in [2.05, 4.69) is 5.32 Å². The number of nitrogens with zero attached hydrogens (tertiary/aromatic N) is 1. The number of carbonyl (C=O) groups excluding carboxylic acids is 3. The summed E-state index contributed by atoms with van der Waals surface area (Å²) in [6, 6.07) is 10.5. The molecule has 1 aliphatic rings. The van der Waals surface area contributed by atoms with Gasteiger partial charge in [-0.25, -0.2) is 4.39 Å². The summed E-state index contributed by atoms with van der Waals surface area (Å²) < 4.78 is 29.2. The molecule has 1 atom stereocenters. The van der Waals surface area contributed by atoms with Crippen LogP contribution in [0.25, 0.3) is 6.08 Å². The molecule has 180 valence electrons. The molecule has 2 aromatic carbocycles. The fourth-order valence-corrected chi connectivity index (χ4v) is 3.96. The quantitative estimate of drug-likeness (QED) is 0.508. The maximum Gasteiger partial charge on any atom is 0.293 e. The highest BCUT2D eigenvalue weighted by atomic mass is 32.2. The van der Waals surface area contributed by atoms with E-state index in [0.29, 0.717) is 29.4 Å². The minimum Gasteiger partial charge on any atom is -0.493 e. The van der Waals surface area contributed by atoms with E-state index in [9.17, 15) is 18.8 Å². The predicted octanol–water partition coefficient (Wildman–Crippen LogP) is 3.85. The van der Waals surface area contributed by atoms with Gasteiger partial charge in [-0.1, -0.05) is 6.07 Å². The first kappa shape index (κ1) is 25.1. The van der Waals surface area contributed by atoms with Crippen molar-refractivity contribution >= 4 is 34.9 Å². The molecular weight excluding hydrogens is 463 g/mol. The molecule has 1 saturated heterocycles. The molecule has 0 spiro atoms. The molecule has 1 N–H and O–H groups in total. The zero-order valence-corrected chi connectivity index (χ0v) is 19.8. The molecule has 1 unspecified atom stereocenters. The number of hydrogen-bond donors (Lipinski definition) is 1. The Morgan fingerprint density at radius 2 is 1.91 bits per heavy atom. The van der Waals surface area contributed by atoms with Crippen LogP contribution in [0.5, 0.6) is 17.2 Å². The summed E-state index contributed by atoms with van der Waals surface area (Å²) in [7, 11) is 1.52. The Morgan fingerprint density at radius 3 is 2.59 bits per heavy atom. The van der Waals surface area contributed by atoms with Crippen molar-refractivity contribution in [1.82, 2.24) is 10.2 Å². The van der Waals surface area contributed by atoms with Gasteiger partial charge in [0.05, 0.1) is 18.6 Å². The van der Waals surface area contributed by atoms with Crippen molar-refractivity contribution in [3.63, 3.8) is 0 Å². The number of ether oxygens (including phenoxy) is 3. The number of nitrogens with one attached hydrogen (secondary N) is 1. The molecule has 2 aromatic rings. The van der Waals surface area contributed by atoms with Gasteiger partial charge in [-0.15, -0.1) is 0 Å². The number of benzene rings is 2. The molecule has 8 nitrogen and oxygen atoms in total. The van der Waals surface area contributed by atoms with Crippen LogP contribution in [0.3, 0.4) is 0 Å². The van der Waals surface area contributed by atoms with E-state index in [1.165, 1.54) is 31.4 Å². The van der Waals surface area contributed by atoms with E-state index in [4.69, 9.17) is 14.2 Å². The maximum absolute atomic E-state index is 13.0. The fourth-order valence-electron chi connectivity index (χ4n) is 3.10. The van der Waals surface area contributed by atoms with Crippen molar-refractivity contribution in [2.45, 2.75) is 20.0 Å². The summed E-state index contributed by atoms with van der Waals surface area (Å²) in [5.74, 6) is 0.197. The van der Waals surface area contributed by atoms with E-state index in [1.54, 1.807) is 31.2 Å². The first-order valence-corrected chi connectivity index (χ1v) is 11.4. The van der Waals surface area contributed by atoms with Crippen molar-refractivity contribution in [1.29, 1.82) is 0 Å². The lowest BCUT2D eigenvalue weighted by molar-refractivity contribution is -0.128. The van der Waals surface area contributed by atoms with Crippen LogP contribution in [0.15, 0.2) is 47.4 Å². The average molecular weight is 489 g/mol. The van der Waals surface area contributed by atoms with Crippen molar-refractivity contribution in [2.24, 2.45) is 0 Å². The molecule has 34 heavy (non-hydrogen) atoms. The van der Waals surface area contributed by atoms with Gasteiger partial charge in [0, 0.05) is 13.1 Å². The van der Waals surface area contributed by atoms with Gasteiger partial charge in [0.25, 0.3) is 17.1 Å². The molecule has 3 amide bonds. The lowest BCUT2D eigenvalue weighted by atomic mass is 10.2. The molecule has 0 aromatic heterocycles. The van der Waals surface area contributed by atoms with E-state index >= 15 is 0 Å². The maximum atomic E-state index is 13.0. The predicted molar refractivity (Wildman–Crippen MR) is 126 cm³/mol. The van der Waals surface area contributed by atoms with E-state index < -0.39 is 29.0 Å². The topological polar surface area (TPSA) is 94.2 Å². The van der Waals surface area contributed by atoms with Crippen LogP contribution >= 0.6 is 11.8 Å². The van der Waals surface area contributed by atoms with Gasteiger partial charge in [-0.3, -0.25) is 19.3 Å². The number of hydrogen-bond acceptors (Lipinski definition) is 7. The van der Waals surface area contributed by atoms with Gasteiger partial charge >= 0.3 is 0 Å². The molecule has 3 rings (SSSR count). The second kappa shape index (κ2) is 11.6. The molecule has 1 aliphatic heterocycles. The SMILES string of the molecule is CCOc1ccc(/C=C2\SC(=O)N(CCNC(=O)C(C)Oc3ccc(F)cc3)C2=O)cc1OC. The Balaban J connectivity index is 1.55. The highest BCUT2D eigenvalue weighted by Gasteiger charge is 2.34. The second-order valence-electron chi connectivity index (χ2n) is 7.18. The Hall–Kier alpha value is -3.53. The van der Waals surface area contributed by atoms with Gasteiger partial charge in [0.2, 0.25) is 0 Å². The molecule has 0 radical (unpaired) electrons. The van der Waals surface area contributed by atoms with Gasteiger partial charge in [-0.05, 0) is 73.6 Å². The van der Waals surface area contributed by atoms with E-state index in [0.717, 1.165) is 16.7 Å². The highest BCUT2D eigenvalue weighted by Crippen LogP contribution is 2.34. The number of halogens is 1. The molecule has 10 heteroatoms. The van der Waals surface area contributed by atoms with Crippen LogP contribution in [0.1, 0.15) is 19.4 Å². The van der Waals surface area contributed by atoms with E-state index in [-0.39, 0.29) is 18.0 Å². The first-order valence-electron chi connectivity index (χ1n) is 10.6. The Morgan fingerprint density at radius 1 is 1.18 bits per heavy atom.